The Bertz CT molecular complexity index is 324. The molecule has 82 valence electrons. The van der Waals surface area contributed by atoms with Crippen molar-refractivity contribution in [2.75, 3.05) is 6.54 Å². The van der Waals surface area contributed by atoms with E-state index in [9.17, 15) is 14.4 Å². The Labute approximate surface area is 85.8 Å². The number of amides is 1. The van der Waals surface area contributed by atoms with E-state index >= 15 is 0 Å². The second-order valence-electron chi connectivity index (χ2n) is 3.29. The van der Waals surface area contributed by atoms with Gasteiger partial charge in [0.15, 0.2) is 5.78 Å². The second-order valence-corrected chi connectivity index (χ2v) is 3.29. The molecule has 2 N–H and O–H groups in total. The van der Waals surface area contributed by atoms with Crippen molar-refractivity contribution in [3.05, 3.63) is 12.7 Å². The fourth-order valence-corrected chi connectivity index (χ4v) is 1.71. The maximum absolute atomic E-state index is 11.4. The fourth-order valence-electron chi connectivity index (χ4n) is 1.71. The number of likely N-dealkylation sites (tertiary alicyclic amines) is 1. The lowest BCUT2D eigenvalue weighted by atomic mass is 9.96. The van der Waals surface area contributed by atoms with Crippen LogP contribution in [0.25, 0.3) is 0 Å². The molecule has 0 aliphatic carbocycles. The van der Waals surface area contributed by atoms with E-state index in [-0.39, 0.29) is 18.7 Å². The Kier molecular flexibility index (Phi) is 3.08. The van der Waals surface area contributed by atoms with E-state index in [0.717, 1.165) is 0 Å². The molecule has 1 aliphatic heterocycles. The van der Waals surface area contributed by atoms with Gasteiger partial charge in [0.1, 0.15) is 6.04 Å². The molecule has 1 fully saturated rings. The molecule has 1 unspecified atom stereocenters. The number of hydrogen-bond donors (Lipinski definition) is 2. The molecule has 1 heterocycles. The number of carbonyl (C=O) groups is 3. The number of Topliss-reactive ketones (excluding diaryl/α,β-unsaturated/α-hetero) is 1. The Balaban J connectivity index is 2.97. The third-order valence-electron chi connectivity index (χ3n) is 2.38. The predicted octanol–water partition coefficient (Wildman–Crippen LogP) is 0.195. The highest BCUT2D eigenvalue weighted by molar-refractivity contribution is 5.96. The molecular weight excluding hydrogens is 202 g/mol. The molecule has 6 nitrogen and oxygen atoms in total. The summed E-state index contributed by atoms with van der Waals surface area (Å²) in [5, 5.41) is 17.6. The monoisotopic (exact) mass is 213 g/mol. The van der Waals surface area contributed by atoms with Crippen LogP contribution >= 0.6 is 0 Å². The maximum atomic E-state index is 11.4. The van der Waals surface area contributed by atoms with Crippen LogP contribution in [0.1, 0.15) is 6.42 Å². The Morgan fingerprint density at radius 1 is 1.53 bits per heavy atom. The van der Waals surface area contributed by atoms with Crippen molar-refractivity contribution in [1.82, 2.24) is 4.90 Å². The fraction of sp³-hybridized carbons (Fsp3) is 0.444. The molecule has 1 amide bonds. The van der Waals surface area contributed by atoms with Crippen LogP contribution in [0.3, 0.4) is 0 Å². The number of hydrogen-bond acceptors (Lipinski definition) is 3. The number of carboxylic acid groups (broad SMARTS) is 2. The van der Waals surface area contributed by atoms with Crippen LogP contribution in [-0.2, 0) is 9.59 Å². The zero-order valence-electron chi connectivity index (χ0n) is 7.92. The number of carboxylic acids is 1. The molecule has 0 bridgehead atoms. The highest BCUT2D eigenvalue weighted by Gasteiger charge is 2.46. The SMILES string of the molecule is C=CCC1C(=O)CN(C(=O)O)[C@H]1C(=O)O. The third-order valence-corrected chi connectivity index (χ3v) is 2.38. The Morgan fingerprint density at radius 3 is 2.53 bits per heavy atom. The first-order chi connectivity index (χ1) is 6.99. The van der Waals surface area contributed by atoms with Crippen molar-refractivity contribution >= 4 is 17.8 Å². The smallest absolute Gasteiger partial charge is 0.408 e. The van der Waals surface area contributed by atoms with Gasteiger partial charge in [0.2, 0.25) is 0 Å². The molecule has 6 heteroatoms. The third kappa shape index (κ3) is 1.98. The summed E-state index contributed by atoms with van der Waals surface area (Å²) < 4.78 is 0. The van der Waals surface area contributed by atoms with Crippen molar-refractivity contribution in [3.8, 4) is 0 Å². The minimum atomic E-state index is -1.39. The zero-order chi connectivity index (χ0) is 11.6. The van der Waals surface area contributed by atoms with Crippen molar-refractivity contribution in [3.63, 3.8) is 0 Å². The van der Waals surface area contributed by atoms with Crippen molar-refractivity contribution in [1.29, 1.82) is 0 Å². The highest BCUT2D eigenvalue weighted by atomic mass is 16.4. The molecule has 0 radical (unpaired) electrons. The van der Waals surface area contributed by atoms with Crippen LogP contribution < -0.4 is 0 Å². The van der Waals surface area contributed by atoms with Gasteiger partial charge in [-0.15, -0.1) is 6.58 Å². The normalized spacial score (nSPS) is 25.3. The summed E-state index contributed by atoms with van der Waals surface area (Å²) in [6.45, 7) is 3.05. The Morgan fingerprint density at radius 2 is 2.13 bits per heavy atom. The number of carbonyl (C=O) groups excluding carboxylic acids is 1. The topological polar surface area (TPSA) is 94.9 Å². The summed E-state index contributed by atoms with van der Waals surface area (Å²) in [5.74, 6) is -2.48. The van der Waals surface area contributed by atoms with Crippen LogP contribution in [0.15, 0.2) is 12.7 Å². The first-order valence-corrected chi connectivity index (χ1v) is 4.35. The van der Waals surface area contributed by atoms with Gasteiger partial charge in [-0.3, -0.25) is 9.69 Å². The van der Waals surface area contributed by atoms with Gasteiger partial charge < -0.3 is 10.2 Å². The molecule has 0 spiro atoms. The van der Waals surface area contributed by atoms with Gasteiger partial charge in [-0.2, -0.15) is 0 Å². The number of aliphatic carboxylic acids is 1. The van der Waals surface area contributed by atoms with Crippen LogP contribution in [-0.4, -0.2) is 45.5 Å². The van der Waals surface area contributed by atoms with E-state index in [1.165, 1.54) is 6.08 Å². The summed E-state index contributed by atoms with van der Waals surface area (Å²) in [7, 11) is 0. The molecule has 1 saturated heterocycles. The van der Waals surface area contributed by atoms with E-state index < -0.39 is 24.0 Å². The number of nitrogens with zero attached hydrogens (tertiary/aromatic N) is 1. The molecular formula is C9H11NO5. The molecule has 0 aromatic rings. The lowest BCUT2D eigenvalue weighted by molar-refractivity contribution is -0.143. The zero-order valence-corrected chi connectivity index (χ0v) is 7.92. The molecule has 2 atom stereocenters. The van der Waals surface area contributed by atoms with Crippen molar-refractivity contribution in [2.45, 2.75) is 12.5 Å². The van der Waals surface area contributed by atoms with Gasteiger partial charge in [-0.1, -0.05) is 6.08 Å². The van der Waals surface area contributed by atoms with Crippen LogP contribution in [0.4, 0.5) is 4.79 Å². The van der Waals surface area contributed by atoms with Crippen molar-refractivity contribution in [2.24, 2.45) is 5.92 Å². The molecule has 0 aromatic heterocycles. The lowest BCUT2D eigenvalue weighted by Crippen LogP contribution is -2.42. The summed E-state index contributed by atoms with van der Waals surface area (Å²) in [5.41, 5.74) is 0. The molecule has 1 rings (SSSR count). The number of allylic oxidation sites excluding steroid dienone is 1. The van der Waals surface area contributed by atoms with E-state index in [1.54, 1.807) is 0 Å². The van der Waals surface area contributed by atoms with Gasteiger partial charge in [0.05, 0.1) is 12.5 Å². The summed E-state index contributed by atoms with van der Waals surface area (Å²) in [6.07, 6.45) is 0.214. The summed E-state index contributed by atoms with van der Waals surface area (Å²) >= 11 is 0. The van der Waals surface area contributed by atoms with Crippen LogP contribution in [0, 0.1) is 5.92 Å². The number of rotatable bonds is 3. The summed E-state index contributed by atoms with van der Waals surface area (Å²) in [4.78, 5) is 33.6. The first kappa shape index (κ1) is 11.2. The van der Waals surface area contributed by atoms with E-state index in [0.29, 0.717) is 4.90 Å². The van der Waals surface area contributed by atoms with Gasteiger partial charge in [-0.25, -0.2) is 9.59 Å². The van der Waals surface area contributed by atoms with E-state index in [2.05, 4.69) is 6.58 Å². The van der Waals surface area contributed by atoms with E-state index in [1.807, 2.05) is 0 Å². The average molecular weight is 213 g/mol. The predicted molar refractivity (Wildman–Crippen MR) is 49.5 cm³/mol. The van der Waals surface area contributed by atoms with Crippen molar-refractivity contribution < 1.29 is 24.6 Å². The molecule has 15 heavy (non-hydrogen) atoms. The largest absolute Gasteiger partial charge is 0.480 e. The van der Waals surface area contributed by atoms with Gasteiger partial charge in [0.25, 0.3) is 0 Å². The minimum absolute atomic E-state index is 0.180. The Hall–Kier alpha value is -1.85. The molecule has 1 aliphatic rings. The lowest BCUT2D eigenvalue weighted by Gasteiger charge is -2.19. The average Bonchev–Trinajstić information content (AvgIpc) is 2.45. The van der Waals surface area contributed by atoms with Crippen LogP contribution in [0.5, 0.6) is 0 Å². The van der Waals surface area contributed by atoms with Gasteiger partial charge in [-0.05, 0) is 6.42 Å². The molecule has 0 aromatic carbocycles. The first-order valence-electron chi connectivity index (χ1n) is 4.35. The highest BCUT2D eigenvalue weighted by Crippen LogP contribution is 2.25. The number of ketones is 1. The van der Waals surface area contributed by atoms with Crippen LogP contribution in [0.2, 0.25) is 0 Å². The van der Waals surface area contributed by atoms with E-state index in [4.69, 9.17) is 10.2 Å². The standard InChI is InChI=1S/C9H11NO5/c1-2-3-5-6(11)4-10(9(14)15)7(5)8(12)13/h2,5,7H,1,3-4H2,(H,12,13)(H,14,15)/t5?,7-/m1/s1. The second kappa shape index (κ2) is 4.12. The quantitative estimate of drug-likeness (QED) is 0.653. The van der Waals surface area contributed by atoms with Gasteiger partial charge in [0, 0.05) is 0 Å². The molecule has 0 saturated carbocycles. The van der Waals surface area contributed by atoms with Gasteiger partial charge >= 0.3 is 12.1 Å². The minimum Gasteiger partial charge on any atom is -0.480 e. The maximum Gasteiger partial charge on any atom is 0.408 e. The summed E-state index contributed by atoms with van der Waals surface area (Å²) in [6, 6.07) is -1.28.